The van der Waals surface area contributed by atoms with Crippen molar-refractivity contribution >= 4 is 28.9 Å². The molecule has 0 bridgehead atoms. The van der Waals surface area contributed by atoms with E-state index in [0.717, 1.165) is 33.9 Å². The van der Waals surface area contributed by atoms with E-state index in [1.54, 1.807) is 0 Å². The third-order valence-electron chi connectivity index (χ3n) is 7.84. The SMILES string of the molecule is Cc1ccc(C)c(NC(=O)CCN2C(=S)N[C@@H](c3ccccn3)[C@@H]2c2cc(C)n(-c3cc(C)ccc3C)c2C)c1. The molecule has 206 valence electrons. The lowest BCUT2D eigenvalue weighted by molar-refractivity contribution is -0.116. The minimum atomic E-state index is -0.136. The van der Waals surface area contributed by atoms with Crippen LogP contribution in [-0.2, 0) is 4.79 Å². The fourth-order valence-corrected chi connectivity index (χ4v) is 6.04. The number of thiocarbonyl (C=S) groups is 1. The Kier molecular flexibility index (Phi) is 7.76. The van der Waals surface area contributed by atoms with Gasteiger partial charge >= 0.3 is 0 Å². The van der Waals surface area contributed by atoms with Gasteiger partial charge in [0.05, 0.1) is 17.8 Å². The van der Waals surface area contributed by atoms with Crippen LogP contribution in [0.5, 0.6) is 0 Å². The molecule has 1 fully saturated rings. The molecule has 5 rings (SSSR count). The second kappa shape index (κ2) is 11.3. The molecular weight excluding hydrogens is 514 g/mol. The molecule has 0 unspecified atom stereocenters. The molecule has 0 radical (unpaired) electrons. The van der Waals surface area contributed by atoms with Gasteiger partial charge in [0.25, 0.3) is 0 Å². The normalized spacial score (nSPS) is 16.8. The third kappa shape index (κ3) is 5.39. The lowest BCUT2D eigenvalue weighted by Crippen LogP contribution is -2.33. The fourth-order valence-electron chi connectivity index (χ4n) is 5.71. The Bertz CT molecular complexity index is 1580. The van der Waals surface area contributed by atoms with Crippen molar-refractivity contribution < 1.29 is 4.79 Å². The highest BCUT2D eigenvalue weighted by molar-refractivity contribution is 7.80. The van der Waals surface area contributed by atoms with Gasteiger partial charge in [-0.05, 0) is 112 Å². The summed E-state index contributed by atoms with van der Waals surface area (Å²) in [4.78, 5) is 19.9. The van der Waals surface area contributed by atoms with Gasteiger partial charge in [0.1, 0.15) is 0 Å². The van der Waals surface area contributed by atoms with Crippen molar-refractivity contribution in [1.82, 2.24) is 19.8 Å². The summed E-state index contributed by atoms with van der Waals surface area (Å²) in [6, 6.07) is 20.6. The molecule has 2 atom stereocenters. The number of carbonyl (C=O) groups is 1. The van der Waals surface area contributed by atoms with Crippen LogP contribution in [0.2, 0.25) is 0 Å². The molecule has 2 aromatic heterocycles. The summed E-state index contributed by atoms with van der Waals surface area (Å²) < 4.78 is 2.33. The number of aromatic nitrogens is 2. The highest BCUT2D eigenvalue weighted by Gasteiger charge is 2.41. The Labute approximate surface area is 242 Å². The first-order chi connectivity index (χ1) is 19.1. The molecule has 7 heteroatoms. The van der Waals surface area contributed by atoms with E-state index in [4.69, 9.17) is 12.2 Å². The number of anilines is 1. The molecule has 0 aliphatic carbocycles. The number of carbonyl (C=O) groups excluding carboxylic acids is 1. The Morgan fingerprint density at radius 2 is 1.68 bits per heavy atom. The highest BCUT2D eigenvalue weighted by Crippen LogP contribution is 2.41. The lowest BCUT2D eigenvalue weighted by Gasteiger charge is -2.28. The highest BCUT2D eigenvalue weighted by atomic mass is 32.1. The number of nitrogens with zero attached hydrogens (tertiary/aromatic N) is 3. The molecule has 1 saturated heterocycles. The quantitative estimate of drug-likeness (QED) is 0.250. The first-order valence-corrected chi connectivity index (χ1v) is 14.2. The van der Waals surface area contributed by atoms with E-state index in [0.29, 0.717) is 18.1 Å². The number of hydrogen-bond donors (Lipinski definition) is 2. The van der Waals surface area contributed by atoms with Gasteiger partial charge in [0.2, 0.25) is 5.91 Å². The molecule has 1 aliphatic rings. The topological polar surface area (TPSA) is 62.2 Å². The molecule has 2 N–H and O–H groups in total. The van der Waals surface area contributed by atoms with Crippen LogP contribution in [0.3, 0.4) is 0 Å². The Morgan fingerprint density at radius 3 is 2.40 bits per heavy atom. The Balaban J connectivity index is 1.49. The second-order valence-electron chi connectivity index (χ2n) is 10.9. The number of amides is 1. The maximum absolute atomic E-state index is 13.1. The minimum absolute atomic E-state index is 0.0302. The van der Waals surface area contributed by atoms with Crippen LogP contribution in [0.15, 0.2) is 66.9 Å². The van der Waals surface area contributed by atoms with Crippen LogP contribution < -0.4 is 10.6 Å². The first kappa shape index (κ1) is 27.6. The predicted octanol–water partition coefficient (Wildman–Crippen LogP) is 6.72. The summed E-state index contributed by atoms with van der Waals surface area (Å²) in [5.41, 5.74) is 11.1. The van der Waals surface area contributed by atoms with Gasteiger partial charge in [-0.25, -0.2) is 0 Å². The van der Waals surface area contributed by atoms with Crippen LogP contribution >= 0.6 is 12.2 Å². The van der Waals surface area contributed by atoms with Crippen molar-refractivity contribution in [1.29, 1.82) is 0 Å². The lowest BCUT2D eigenvalue weighted by atomic mass is 9.96. The molecule has 4 aromatic rings. The smallest absolute Gasteiger partial charge is 0.226 e. The fraction of sp³-hybridized carbons (Fsp3) is 0.303. The van der Waals surface area contributed by atoms with Crippen molar-refractivity contribution in [3.8, 4) is 5.69 Å². The third-order valence-corrected chi connectivity index (χ3v) is 8.19. The van der Waals surface area contributed by atoms with Gasteiger partial charge in [-0.3, -0.25) is 9.78 Å². The molecule has 0 saturated carbocycles. The maximum Gasteiger partial charge on any atom is 0.226 e. The van der Waals surface area contributed by atoms with E-state index in [-0.39, 0.29) is 18.0 Å². The van der Waals surface area contributed by atoms with Gasteiger partial charge < -0.3 is 20.1 Å². The number of pyridine rings is 1. The number of aryl methyl sites for hydroxylation is 5. The standard InChI is InChI=1S/C33H37N5OS/c1-20-10-12-22(3)28(17-20)35-30(39)14-16-37-32(31(36-33(37)40)27-9-7-8-15-34-27)26-19-24(5)38(25(26)6)29-18-21(2)11-13-23(29)4/h7-13,15,17-19,31-32H,14,16H2,1-6H3,(H,35,39)(H,36,40)/t31-,32-/m0/s1. The predicted molar refractivity (Wildman–Crippen MR) is 166 cm³/mol. The molecule has 3 heterocycles. The molecule has 1 amide bonds. The molecular formula is C33H37N5OS. The van der Waals surface area contributed by atoms with E-state index in [1.165, 1.54) is 22.4 Å². The Hall–Kier alpha value is -3.97. The van der Waals surface area contributed by atoms with E-state index >= 15 is 0 Å². The zero-order valence-corrected chi connectivity index (χ0v) is 24.9. The van der Waals surface area contributed by atoms with Gasteiger partial charge in [0, 0.05) is 41.9 Å². The second-order valence-corrected chi connectivity index (χ2v) is 11.3. The van der Waals surface area contributed by atoms with E-state index in [1.807, 2.05) is 50.4 Å². The average Bonchev–Trinajstić information content (AvgIpc) is 3.41. The molecule has 6 nitrogen and oxygen atoms in total. The van der Waals surface area contributed by atoms with Crippen LogP contribution in [0.4, 0.5) is 5.69 Å². The van der Waals surface area contributed by atoms with Crippen molar-refractivity contribution in [2.45, 2.75) is 60.0 Å². The van der Waals surface area contributed by atoms with Crippen LogP contribution in [0.1, 0.15) is 63.4 Å². The average molecular weight is 552 g/mol. The van der Waals surface area contributed by atoms with Crippen LogP contribution in [0.25, 0.3) is 5.69 Å². The molecule has 0 spiro atoms. The van der Waals surface area contributed by atoms with Crippen molar-refractivity contribution in [2.75, 3.05) is 11.9 Å². The van der Waals surface area contributed by atoms with E-state index < -0.39 is 0 Å². The van der Waals surface area contributed by atoms with Crippen molar-refractivity contribution in [3.05, 3.63) is 112 Å². The van der Waals surface area contributed by atoms with Gasteiger partial charge in [0.15, 0.2) is 5.11 Å². The van der Waals surface area contributed by atoms with Crippen LogP contribution in [0, 0.1) is 41.5 Å². The Morgan fingerprint density at radius 1 is 0.950 bits per heavy atom. The summed E-state index contributed by atoms with van der Waals surface area (Å²) in [5, 5.41) is 7.26. The zero-order chi connectivity index (χ0) is 28.6. The van der Waals surface area contributed by atoms with Gasteiger partial charge in [-0.2, -0.15) is 0 Å². The summed E-state index contributed by atoms with van der Waals surface area (Å²) in [5.74, 6) is -0.0302. The van der Waals surface area contributed by atoms with Crippen LogP contribution in [-0.4, -0.2) is 32.0 Å². The molecule has 1 aliphatic heterocycles. The number of rotatable bonds is 7. The number of hydrogen-bond acceptors (Lipinski definition) is 3. The summed E-state index contributed by atoms with van der Waals surface area (Å²) in [6.07, 6.45) is 2.13. The van der Waals surface area contributed by atoms with Crippen molar-refractivity contribution in [2.24, 2.45) is 0 Å². The monoisotopic (exact) mass is 551 g/mol. The largest absolute Gasteiger partial charge is 0.352 e. The summed E-state index contributed by atoms with van der Waals surface area (Å²) in [7, 11) is 0. The number of benzene rings is 2. The zero-order valence-electron chi connectivity index (χ0n) is 24.1. The van der Waals surface area contributed by atoms with Gasteiger partial charge in [-0.15, -0.1) is 0 Å². The van der Waals surface area contributed by atoms with E-state index in [9.17, 15) is 4.79 Å². The maximum atomic E-state index is 13.1. The minimum Gasteiger partial charge on any atom is -0.352 e. The number of nitrogens with one attached hydrogen (secondary N) is 2. The van der Waals surface area contributed by atoms with E-state index in [2.05, 4.69) is 83.1 Å². The molecule has 40 heavy (non-hydrogen) atoms. The van der Waals surface area contributed by atoms with Crippen molar-refractivity contribution in [3.63, 3.8) is 0 Å². The summed E-state index contributed by atoms with van der Waals surface area (Å²) in [6.45, 7) is 13.1. The molecule has 2 aromatic carbocycles. The summed E-state index contributed by atoms with van der Waals surface area (Å²) >= 11 is 5.88. The van der Waals surface area contributed by atoms with Gasteiger partial charge in [-0.1, -0.05) is 30.3 Å². The first-order valence-electron chi connectivity index (χ1n) is 13.8.